The first-order valence-corrected chi connectivity index (χ1v) is 7.07. The van der Waals surface area contributed by atoms with Gasteiger partial charge in [-0.15, -0.1) is 0 Å². The van der Waals surface area contributed by atoms with E-state index in [-0.39, 0.29) is 5.56 Å². The highest BCUT2D eigenvalue weighted by molar-refractivity contribution is 6.30. The Hall–Kier alpha value is -2.65. The number of pyridine rings is 1. The van der Waals surface area contributed by atoms with E-state index in [2.05, 4.69) is 4.98 Å². The minimum atomic E-state index is -0.955. The number of aromatic nitrogens is 1. The predicted molar refractivity (Wildman–Crippen MR) is 89.1 cm³/mol. The maximum Gasteiger partial charge on any atom is 0.335 e. The minimum Gasteiger partial charge on any atom is -0.478 e. The molecular formula is C18H12ClNO2. The molecule has 0 atom stereocenters. The second-order valence-corrected chi connectivity index (χ2v) is 5.27. The van der Waals surface area contributed by atoms with E-state index in [1.807, 2.05) is 48.6 Å². The van der Waals surface area contributed by atoms with Gasteiger partial charge in [0.2, 0.25) is 0 Å². The Balaban J connectivity index is 1.95. The topological polar surface area (TPSA) is 50.2 Å². The smallest absolute Gasteiger partial charge is 0.335 e. The van der Waals surface area contributed by atoms with Gasteiger partial charge in [-0.2, -0.15) is 0 Å². The molecular weight excluding hydrogens is 298 g/mol. The highest BCUT2D eigenvalue weighted by Crippen LogP contribution is 2.17. The fourth-order valence-electron chi connectivity index (χ4n) is 2.15. The van der Waals surface area contributed by atoms with Crippen molar-refractivity contribution in [1.82, 2.24) is 4.98 Å². The van der Waals surface area contributed by atoms with Crippen molar-refractivity contribution in [2.45, 2.75) is 0 Å². The Morgan fingerprint density at radius 2 is 1.86 bits per heavy atom. The lowest BCUT2D eigenvalue weighted by atomic mass is 10.1. The number of fused-ring (bicyclic) bond motifs is 1. The summed E-state index contributed by atoms with van der Waals surface area (Å²) in [6.45, 7) is 0. The second kappa shape index (κ2) is 6.00. The molecule has 22 heavy (non-hydrogen) atoms. The Bertz CT molecular complexity index is 887. The van der Waals surface area contributed by atoms with Crippen molar-refractivity contribution in [3.8, 4) is 0 Å². The van der Waals surface area contributed by atoms with E-state index < -0.39 is 5.97 Å². The molecule has 0 saturated heterocycles. The van der Waals surface area contributed by atoms with Gasteiger partial charge >= 0.3 is 5.97 Å². The molecule has 1 N–H and O–H groups in total. The lowest BCUT2D eigenvalue weighted by molar-refractivity contribution is 0.0697. The summed E-state index contributed by atoms with van der Waals surface area (Å²) in [7, 11) is 0. The molecule has 0 fully saturated rings. The van der Waals surface area contributed by atoms with Crippen LogP contribution in [0.3, 0.4) is 0 Å². The molecule has 0 radical (unpaired) electrons. The molecule has 0 aliphatic carbocycles. The zero-order valence-corrected chi connectivity index (χ0v) is 12.3. The maximum absolute atomic E-state index is 11.0. The lowest BCUT2D eigenvalue weighted by Gasteiger charge is -2.01. The zero-order chi connectivity index (χ0) is 15.5. The Kier molecular flexibility index (Phi) is 3.90. The van der Waals surface area contributed by atoms with Crippen molar-refractivity contribution in [2.24, 2.45) is 0 Å². The zero-order valence-electron chi connectivity index (χ0n) is 11.5. The van der Waals surface area contributed by atoms with Crippen molar-refractivity contribution < 1.29 is 9.90 Å². The standard InChI is InChI=1S/C18H12ClNO2/c19-15-3-1-2-12(10-15)4-8-16-9-7-13-5-6-14(18(21)22)11-17(13)20-16/h1-11H,(H,21,22)/b8-4+. The molecule has 4 heteroatoms. The third kappa shape index (κ3) is 3.15. The fourth-order valence-corrected chi connectivity index (χ4v) is 2.35. The molecule has 0 saturated carbocycles. The lowest BCUT2D eigenvalue weighted by Crippen LogP contribution is -1.96. The van der Waals surface area contributed by atoms with Crippen LogP contribution in [0.1, 0.15) is 21.6 Å². The van der Waals surface area contributed by atoms with Crippen LogP contribution in [-0.2, 0) is 0 Å². The molecule has 1 aromatic heterocycles. The van der Waals surface area contributed by atoms with E-state index in [1.54, 1.807) is 18.2 Å². The van der Waals surface area contributed by atoms with E-state index in [9.17, 15) is 4.79 Å². The Morgan fingerprint density at radius 3 is 2.64 bits per heavy atom. The quantitative estimate of drug-likeness (QED) is 0.759. The van der Waals surface area contributed by atoms with Crippen molar-refractivity contribution in [2.75, 3.05) is 0 Å². The number of rotatable bonds is 3. The van der Waals surface area contributed by atoms with Gasteiger partial charge in [-0.1, -0.05) is 41.9 Å². The number of hydrogen-bond acceptors (Lipinski definition) is 2. The summed E-state index contributed by atoms with van der Waals surface area (Å²) in [6, 6.07) is 16.2. The molecule has 0 unspecified atom stereocenters. The number of nitrogens with zero attached hydrogens (tertiary/aromatic N) is 1. The van der Waals surface area contributed by atoms with E-state index in [0.717, 1.165) is 16.6 Å². The van der Waals surface area contributed by atoms with Gasteiger partial charge in [-0.25, -0.2) is 9.78 Å². The number of halogens is 1. The number of carbonyl (C=O) groups is 1. The van der Waals surface area contributed by atoms with E-state index in [4.69, 9.17) is 16.7 Å². The van der Waals surface area contributed by atoms with Gasteiger partial charge in [0.25, 0.3) is 0 Å². The number of carboxylic acids is 1. The molecule has 0 bridgehead atoms. The van der Waals surface area contributed by atoms with Crippen molar-refractivity contribution in [3.05, 3.63) is 76.4 Å². The first kappa shape index (κ1) is 14.3. The number of carboxylic acid groups (broad SMARTS) is 1. The van der Waals surface area contributed by atoms with Crippen molar-refractivity contribution in [3.63, 3.8) is 0 Å². The van der Waals surface area contributed by atoms with E-state index in [0.29, 0.717) is 10.5 Å². The largest absolute Gasteiger partial charge is 0.478 e. The molecule has 2 aromatic carbocycles. The van der Waals surface area contributed by atoms with Crippen LogP contribution in [0.25, 0.3) is 23.1 Å². The molecule has 0 aliphatic rings. The van der Waals surface area contributed by atoms with E-state index >= 15 is 0 Å². The first-order chi connectivity index (χ1) is 10.6. The molecule has 3 nitrogen and oxygen atoms in total. The van der Waals surface area contributed by atoms with E-state index in [1.165, 1.54) is 0 Å². The van der Waals surface area contributed by atoms with Crippen LogP contribution in [0.2, 0.25) is 5.02 Å². The number of aromatic carboxylic acids is 1. The van der Waals surface area contributed by atoms with Gasteiger partial charge < -0.3 is 5.11 Å². The summed E-state index contributed by atoms with van der Waals surface area (Å²) < 4.78 is 0. The van der Waals surface area contributed by atoms with Gasteiger partial charge in [0.1, 0.15) is 0 Å². The average Bonchev–Trinajstić information content (AvgIpc) is 2.52. The number of benzene rings is 2. The highest BCUT2D eigenvalue weighted by Gasteiger charge is 2.04. The van der Waals surface area contributed by atoms with Crippen LogP contribution in [0.15, 0.2) is 54.6 Å². The summed E-state index contributed by atoms with van der Waals surface area (Å²) in [5.74, 6) is -0.955. The van der Waals surface area contributed by atoms with Gasteiger partial charge in [-0.05, 0) is 42.0 Å². The summed E-state index contributed by atoms with van der Waals surface area (Å²) in [4.78, 5) is 15.5. The van der Waals surface area contributed by atoms with Gasteiger partial charge in [-0.3, -0.25) is 0 Å². The molecule has 0 spiro atoms. The molecule has 108 valence electrons. The predicted octanol–water partition coefficient (Wildman–Crippen LogP) is 4.76. The Morgan fingerprint density at radius 1 is 1.05 bits per heavy atom. The first-order valence-electron chi connectivity index (χ1n) is 6.69. The minimum absolute atomic E-state index is 0.232. The second-order valence-electron chi connectivity index (χ2n) is 4.84. The summed E-state index contributed by atoms with van der Waals surface area (Å²) >= 11 is 5.95. The number of hydrogen-bond donors (Lipinski definition) is 1. The van der Waals surface area contributed by atoms with Crippen LogP contribution in [0, 0.1) is 0 Å². The third-order valence-electron chi connectivity index (χ3n) is 3.26. The van der Waals surface area contributed by atoms with Crippen molar-refractivity contribution >= 4 is 40.6 Å². The molecule has 3 aromatic rings. The van der Waals surface area contributed by atoms with Crippen LogP contribution >= 0.6 is 11.6 Å². The van der Waals surface area contributed by atoms with Crippen LogP contribution < -0.4 is 0 Å². The molecule has 1 heterocycles. The third-order valence-corrected chi connectivity index (χ3v) is 3.49. The highest BCUT2D eigenvalue weighted by atomic mass is 35.5. The monoisotopic (exact) mass is 309 g/mol. The summed E-state index contributed by atoms with van der Waals surface area (Å²) in [5, 5.41) is 10.6. The van der Waals surface area contributed by atoms with Crippen LogP contribution in [0.4, 0.5) is 0 Å². The normalized spacial score (nSPS) is 11.1. The van der Waals surface area contributed by atoms with Gasteiger partial charge in [0, 0.05) is 10.4 Å². The van der Waals surface area contributed by atoms with Crippen LogP contribution in [0.5, 0.6) is 0 Å². The SMILES string of the molecule is O=C(O)c1ccc2ccc(/C=C/c3cccc(Cl)c3)nc2c1. The Labute approximate surface area is 132 Å². The maximum atomic E-state index is 11.0. The summed E-state index contributed by atoms with van der Waals surface area (Å²) in [6.07, 6.45) is 3.79. The fraction of sp³-hybridized carbons (Fsp3) is 0. The van der Waals surface area contributed by atoms with Crippen molar-refractivity contribution in [1.29, 1.82) is 0 Å². The molecule has 0 aliphatic heterocycles. The van der Waals surface area contributed by atoms with Gasteiger partial charge in [0.15, 0.2) is 0 Å². The average molecular weight is 310 g/mol. The van der Waals surface area contributed by atoms with Gasteiger partial charge in [0.05, 0.1) is 16.8 Å². The molecule has 3 rings (SSSR count). The summed E-state index contributed by atoms with van der Waals surface area (Å²) in [5.41, 5.74) is 2.63. The van der Waals surface area contributed by atoms with Crippen LogP contribution in [-0.4, -0.2) is 16.1 Å². The molecule has 0 amide bonds.